The number of hydrogen-bond acceptors (Lipinski definition) is 6. The quantitative estimate of drug-likeness (QED) is 0.855. The van der Waals surface area contributed by atoms with E-state index in [1.54, 1.807) is 12.4 Å². The predicted molar refractivity (Wildman–Crippen MR) is 96.5 cm³/mol. The first-order valence-corrected chi connectivity index (χ1v) is 9.17. The maximum absolute atomic E-state index is 12.5. The van der Waals surface area contributed by atoms with Crippen LogP contribution in [0.15, 0.2) is 36.8 Å². The van der Waals surface area contributed by atoms with Gasteiger partial charge in [0.1, 0.15) is 11.5 Å². The van der Waals surface area contributed by atoms with Gasteiger partial charge in [-0.2, -0.15) is 0 Å². The summed E-state index contributed by atoms with van der Waals surface area (Å²) in [5.74, 6) is 0.777. The molecule has 2 aromatic rings. The van der Waals surface area contributed by atoms with Crippen molar-refractivity contribution < 1.29 is 9.90 Å². The molecular formula is C19H23N5O2. The Hall–Kier alpha value is -2.54. The van der Waals surface area contributed by atoms with Crippen LogP contribution >= 0.6 is 0 Å². The van der Waals surface area contributed by atoms with E-state index >= 15 is 0 Å². The summed E-state index contributed by atoms with van der Waals surface area (Å²) in [5.41, 5.74) is 1.27. The summed E-state index contributed by atoms with van der Waals surface area (Å²) in [5, 5.41) is 13.1. The van der Waals surface area contributed by atoms with Gasteiger partial charge in [0.2, 0.25) is 0 Å². The minimum Gasteiger partial charge on any atom is -0.393 e. The van der Waals surface area contributed by atoms with Crippen LogP contribution in [0.5, 0.6) is 0 Å². The van der Waals surface area contributed by atoms with Crippen LogP contribution < -0.4 is 5.32 Å². The molecular weight excluding hydrogens is 330 g/mol. The third-order valence-corrected chi connectivity index (χ3v) is 5.18. The second kappa shape index (κ2) is 7.37. The molecule has 0 aromatic carbocycles. The molecule has 7 nitrogen and oxygen atoms in total. The van der Waals surface area contributed by atoms with E-state index in [0.717, 1.165) is 44.5 Å². The molecule has 0 bridgehead atoms. The second-order valence-electron chi connectivity index (χ2n) is 7.05. The van der Waals surface area contributed by atoms with E-state index in [2.05, 4.69) is 20.3 Å². The largest absolute Gasteiger partial charge is 0.393 e. The molecule has 0 unspecified atom stereocenters. The summed E-state index contributed by atoms with van der Waals surface area (Å²) < 4.78 is 0. The highest BCUT2D eigenvalue weighted by Gasteiger charge is 2.35. The molecule has 0 radical (unpaired) electrons. The van der Waals surface area contributed by atoms with Crippen LogP contribution in [-0.2, 0) is 0 Å². The Bertz CT molecular complexity index is 758. The smallest absolute Gasteiger partial charge is 0.274 e. The number of hydrogen-bond donors (Lipinski definition) is 2. The molecule has 1 aliphatic carbocycles. The van der Waals surface area contributed by atoms with Crippen molar-refractivity contribution in [2.75, 3.05) is 18.4 Å². The van der Waals surface area contributed by atoms with E-state index in [4.69, 9.17) is 0 Å². The number of aromatic nitrogens is 3. The van der Waals surface area contributed by atoms with Crippen molar-refractivity contribution >= 4 is 11.7 Å². The molecule has 2 aromatic heterocycles. The maximum atomic E-state index is 12.5. The van der Waals surface area contributed by atoms with Gasteiger partial charge in [-0.3, -0.25) is 14.8 Å². The number of nitrogens with zero attached hydrogens (tertiary/aromatic N) is 4. The zero-order valence-corrected chi connectivity index (χ0v) is 14.6. The average molecular weight is 353 g/mol. The number of amides is 1. The molecule has 1 saturated carbocycles. The number of pyridine rings is 1. The van der Waals surface area contributed by atoms with E-state index in [9.17, 15) is 9.90 Å². The van der Waals surface area contributed by atoms with E-state index < -0.39 is 0 Å². The van der Waals surface area contributed by atoms with Crippen LogP contribution in [0.1, 0.15) is 47.9 Å². The van der Waals surface area contributed by atoms with Crippen LogP contribution in [0.3, 0.4) is 0 Å². The molecule has 3 heterocycles. The van der Waals surface area contributed by atoms with Crippen LogP contribution in [0, 0.1) is 5.92 Å². The topological polar surface area (TPSA) is 91.2 Å². The molecule has 26 heavy (non-hydrogen) atoms. The minimum atomic E-state index is -0.248. The lowest BCUT2D eigenvalue weighted by atomic mass is 9.76. The lowest BCUT2D eigenvalue weighted by Gasteiger charge is -2.37. The van der Waals surface area contributed by atoms with E-state index in [1.807, 2.05) is 23.1 Å². The first kappa shape index (κ1) is 16.9. The number of carbonyl (C=O) groups is 1. The molecule has 0 spiro atoms. The highest BCUT2D eigenvalue weighted by molar-refractivity contribution is 5.92. The molecule has 7 heteroatoms. The summed E-state index contributed by atoms with van der Waals surface area (Å²) in [6, 6.07) is 5.73. The Labute approximate surface area is 152 Å². The fourth-order valence-corrected chi connectivity index (χ4v) is 3.68. The zero-order chi connectivity index (χ0) is 17.9. The summed E-state index contributed by atoms with van der Waals surface area (Å²) >= 11 is 0. The first-order valence-electron chi connectivity index (χ1n) is 9.17. The van der Waals surface area contributed by atoms with Crippen LogP contribution in [0.4, 0.5) is 5.82 Å². The fourth-order valence-electron chi connectivity index (χ4n) is 3.68. The SMILES string of the molecule is O=C(c1cncc(N[C@@H](c2ccccn2)C2CC(O)C2)n1)N1CCCC1. The highest BCUT2D eigenvalue weighted by Crippen LogP contribution is 2.39. The van der Waals surface area contributed by atoms with Gasteiger partial charge in [0.15, 0.2) is 0 Å². The molecule has 1 saturated heterocycles. The van der Waals surface area contributed by atoms with Gasteiger partial charge >= 0.3 is 0 Å². The minimum absolute atomic E-state index is 0.0629. The predicted octanol–water partition coefficient (Wildman–Crippen LogP) is 2.03. The van der Waals surface area contributed by atoms with Gasteiger partial charge in [0.25, 0.3) is 5.91 Å². The molecule has 2 N–H and O–H groups in total. The number of nitrogens with one attached hydrogen (secondary N) is 1. The summed E-state index contributed by atoms with van der Waals surface area (Å²) in [6.07, 6.45) is 8.22. The van der Waals surface area contributed by atoms with Crippen molar-refractivity contribution in [2.45, 2.75) is 37.8 Å². The van der Waals surface area contributed by atoms with Gasteiger partial charge < -0.3 is 15.3 Å². The van der Waals surface area contributed by atoms with Crippen molar-refractivity contribution in [1.82, 2.24) is 19.9 Å². The summed E-state index contributed by atoms with van der Waals surface area (Å²) in [7, 11) is 0. The maximum Gasteiger partial charge on any atom is 0.274 e. The fraction of sp³-hybridized carbons (Fsp3) is 0.474. The lowest BCUT2D eigenvalue weighted by Crippen LogP contribution is -2.36. The average Bonchev–Trinajstić information content (AvgIpc) is 3.19. The highest BCUT2D eigenvalue weighted by atomic mass is 16.3. The number of aliphatic hydroxyl groups is 1. The monoisotopic (exact) mass is 353 g/mol. The van der Waals surface area contributed by atoms with E-state index in [1.165, 1.54) is 6.20 Å². The van der Waals surface area contributed by atoms with Gasteiger partial charge in [0.05, 0.1) is 30.2 Å². The van der Waals surface area contributed by atoms with Crippen LogP contribution in [-0.4, -0.2) is 50.1 Å². The van der Waals surface area contributed by atoms with Gasteiger partial charge in [-0.25, -0.2) is 4.98 Å². The normalized spacial score (nSPS) is 23.3. The van der Waals surface area contributed by atoms with Crippen molar-refractivity contribution in [3.63, 3.8) is 0 Å². The number of anilines is 1. The number of aliphatic hydroxyl groups excluding tert-OH is 1. The Balaban J connectivity index is 1.54. The van der Waals surface area contributed by atoms with Crippen molar-refractivity contribution in [3.05, 3.63) is 48.2 Å². The number of likely N-dealkylation sites (tertiary alicyclic amines) is 1. The van der Waals surface area contributed by atoms with Crippen molar-refractivity contribution in [2.24, 2.45) is 5.92 Å². The Morgan fingerprint density at radius 2 is 2.04 bits per heavy atom. The van der Waals surface area contributed by atoms with Crippen molar-refractivity contribution in [1.29, 1.82) is 0 Å². The zero-order valence-electron chi connectivity index (χ0n) is 14.6. The molecule has 4 rings (SSSR count). The lowest BCUT2D eigenvalue weighted by molar-refractivity contribution is 0.0333. The first-order chi connectivity index (χ1) is 12.7. The molecule has 1 amide bonds. The third kappa shape index (κ3) is 3.53. The van der Waals surface area contributed by atoms with Gasteiger partial charge in [-0.1, -0.05) is 6.07 Å². The summed E-state index contributed by atoms with van der Waals surface area (Å²) in [6.45, 7) is 1.57. The van der Waals surface area contributed by atoms with Gasteiger partial charge in [0, 0.05) is 19.3 Å². The molecule has 136 valence electrons. The van der Waals surface area contributed by atoms with E-state index in [-0.39, 0.29) is 24.0 Å². The van der Waals surface area contributed by atoms with Crippen LogP contribution in [0.2, 0.25) is 0 Å². The number of carbonyl (C=O) groups excluding carboxylic acids is 1. The Morgan fingerprint density at radius 1 is 1.23 bits per heavy atom. The molecule has 2 fully saturated rings. The van der Waals surface area contributed by atoms with Gasteiger partial charge in [-0.15, -0.1) is 0 Å². The molecule has 2 aliphatic rings. The second-order valence-corrected chi connectivity index (χ2v) is 7.05. The summed E-state index contributed by atoms with van der Waals surface area (Å²) in [4.78, 5) is 27.5. The number of rotatable bonds is 5. The standard InChI is InChI=1S/C19H23N5O2/c25-14-9-13(10-14)18(15-5-1-2-6-21-15)23-17-12-20-11-16(22-17)19(26)24-7-3-4-8-24/h1-2,5-6,11-14,18,25H,3-4,7-10H2,(H,22,23)/t13?,14?,18-/m1/s1. The van der Waals surface area contributed by atoms with Crippen molar-refractivity contribution in [3.8, 4) is 0 Å². The molecule has 1 atom stereocenters. The Kier molecular flexibility index (Phi) is 4.79. The van der Waals surface area contributed by atoms with Crippen LogP contribution in [0.25, 0.3) is 0 Å². The van der Waals surface area contributed by atoms with E-state index in [0.29, 0.717) is 11.5 Å². The Morgan fingerprint density at radius 3 is 2.73 bits per heavy atom. The van der Waals surface area contributed by atoms with Gasteiger partial charge in [-0.05, 0) is 43.7 Å². The third-order valence-electron chi connectivity index (χ3n) is 5.18. The molecule has 1 aliphatic heterocycles.